The van der Waals surface area contributed by atoms with Gasteiger partial charge in [0.2, 0.25) is 0 Å². The number of esters is 1. The molecule has 0 aromatic rings. The van der Waals surface area contributed by atoms with Gasteiger partial charge in [-0.15, -0.1) is 0 Å². The number of hydrogen-bond acceptors (Lipinski definition) is 2. The molecule has 0 unspecified atom stereocenters. The average Bonchev–Trinajstić information content (AvgIpc) is 2.33. The molecule has 3 heteroatoms. The van der Waals surface area contributed by atoms with Crippen LogP contribution in [0, 0.1) is 0 Å². The molecule has 0 N–H and O–H groups in total. The number of rotatable bonds is 10. The van der Waals surface area contributed by atoms with Gasteiger partial charge in [-0.1, -0.05) is 52.5 Å². The molecule has 0 aliphatic carbocycles. The minimum absolute atomic E-state index is 0. The summed E-state index contributed by atoms with van der Waals surface area (Å²) in [6.45, 7) is 6.97. The van der Waals surface area contributed by atoms with E-state index >= 15 is 0 Å². The number of unbranched alkanes of at least 4 members (excludes halogenated alkanes) is 4. The predicted molar refractivity (Wildman–Crippen MR) is 81.5 cm³/mol. The molecule has 2 nitrogen and oxygen atoms in total. The second-order valence-electron chi connectivity index (χ2n) is 4.46. The molecule has 0 amide bonds. The van der Waals surface area contributed by atoms with Crippen LogP contribution in [0.3, 0.4) is 0 Å². The summed E-state index contributed by atoms with van der Waals surface area (Å²) >= 11 is 0. The first-order valence-corrected chi connectivity index (χ1v) is 7.12. The van der Waals surface area contributed by atoms with Crippen molar-refractivity contribution in [2.75, 3.05) is 6.61 Å². The second-order valence-corrected chi connectivity index (χ2v) is 4.46. The molecule has 0 aromatic carbocycles. The van der Waals surface area contributed by atoms with E-state index in [1.54, 1.807) is 0 Å². The second kappa shape index (κ2) is 15.1. The third kappa shape index (κ3) is 11.1. The van der Waals surface area contributed by atoms with Crippen LogP contribution in [0.4, 0.5) is 0 Å². The van der Waals surface area contributed by atoms with Crippen molar-refractivity contribution in [2.45, 2.75) is 72.1 Å². The van der Waals surface area contributed by atoms with Crippen LogP contribution in [0.1, 0.15) is 72.1 Å². The van der Waals surface area contributed by atoms with Crippen LogP contribution in [0.2, 0.25) is 0 Å². The molecule has 18 heavy (non-hydrogen) atoms. The number of carbonyl (C=O) groups excluding carboxylic acids is 1. The topological polar surface area (TPSA) is 26.3 Å². The molecule has 0 bridgehead atoms. The summed E-state index contributed by atoms with van der Waals surface area (Å²) in [5, 5.41) is 0. The van der Waals surface area contributed by atoms with Gasteiger partial charge in [-0.25, -0.2) is 4.79 Å². The van der Waals surface area contributed by atoms with E-state index in [9.17, 15) is 4.79 Å². The molecule has 0 heterocycles. The standard InChI is InChI=1S/C15H28O2.Sn.2H/c1-4-7-10-12-14(11-8-5-2)15(16)17-13-9-6-3;;;/h12H,4-11,13H2,1-3H3;;;. The molecule has 0 aliphatic heterocycles. The Morgan fingerprint density at radius 3 is 2.17 bits per heavy atom. The van der Waals surface area contributed by atoms with Crippen molar-refractivity contribution >= 4 is 29.9 Å². The molecule has 2 radical (unpaired) electrons. The monoisotopic (exact) mass is 362 g/mol. The van der Waals surface area contributed by atoms with E-state index in [1.807, 2.05) is 0 Å². The molecule has 0 aliphatic rings. The van der Waals surface area contributed by atoms with E-state index in [1.165, 1.54) is 6.42 Å². The number of carbonyl (C=O) groups is 1. The normalized spacial score (nSPS) is 10.9. The molecule has 0 fully saturated rings. The van der Waals surface area contributed by atoms with E-state index in [4.69, 9.17) is 4.74 Å². The van der Waals surface area contributed by atoms with Crippen LogP contribution in [-0.4, -0.2) is 36.5 Å². The van der Waals surface area contributed by atoms with E-state index in [2.05, 4.69) is 26.8 Å². The predicted octanol–water partition coefficient (Wildman–Crippen LogP) is 3.72. The van der Waals surface area contributed by atoms with Crippen LogP contribution in [0.5, 0.6) is 0 Å². The Hall–Kier alpha value is 0.00870. The fourth-order valence-electron chi connectivity index (χ4n) is 1.54. The number of allylic oxidation sites excluding steroid dienone is 1. The Labute approximate surface area is 130 Å². The summed E-state index contributed by atoms with van der Waals surface area (Å²) < 4.78 is 5.27. The zero-order valence-corrected chi connectivity index (χ0v) is 16.5. The molecular formula is C15H30O2Sn. The van der Waals surface area contributed by atoms with Crippen molar-refractivity contribution in [1.29, 1.82) is 0 Å². The molecule has 106 valence electrons. The van der Waals surface area contributed by atoms with Crippen molar-refractivity contribution in [3.8, 4) is 0 Å². The van der Waals surface area contributed by atoms with Gasteiger partial charge in [-0.2, -0.15) is 0 Å². The third-order valence-electron chi connectivity index (χ3n) is 2.74. The molecule has 0 saturated carbocycles. The van der Waals surface area contributed by atoms with E-state index < -0.39 is 0 Å². The van der Waals surface area contributed by atoms with Gasteiger partial charge < -0.3 is 4.74 Å². The van der Waals surface area contributed by atoms with Gasteiger partial charge in [0.05, 0.1) is 6.61 Å². The van der Waals surface area contributed by atoms with Gasteiger partial charge in [-0.3, -0.25) is 0 Å². The molecule has 0 saturated heterocycles. The van der Waals surface area contributed by atoms with Gasteiger partial charge in [-0.05, 0) is 25.7 Å². The summed E-state index contributed by atoms with van der Waals surface area (Å²) in [5.74, 6) is -0.0944. The first kappa shape index (κ1) is 20.3. The molecule has 0 rings (SSSR count). The fraction of sp³-hybridized carbons (Fsp3) is 0.800. The molecule has 0 spiro atoms. The summed E-state index contributed by atoms with van der Waals surface area (Å²) in [4.78, 5) is 11.8. The quantitative estimate of drug-likeness (QED) is 0.257. The van der Waals surface area contributed by atoms with E-state index in [0.29, 0.717) is 6.61 Å². The Balaban J connectivity index is 0. The summed E-state index contributed by atoms with van der Waals surface area (Å²) in [5.41, 5.74) is 0.886. The van der Waals surface area contributed by atoms with Crippen LogP contribution in [-0.2, 0) is 9.53 Å². The maximum atomic E-state index is 11.8. The number of ether oxygens (including phenoxy) is 1. The van der Waals surface area contributed by atoms with Gasteiger partial charge in [0.1, 0.15) is 0 Å². The Morgan fingerprint density at radius 2 is 1.61 bits per heavy atom. The zero-order valence-electron chi connectivity index (χ0n) is 12.5. The van der Waals surface area contributed by atoms with Crippen LogP contribution in [0.15, 0.2) is 11.6 Å². The Kier molecular flexibility index (Phi) is 17.0. The van der Waals surface area contributed by atoms with Gasteiger partial charge in [0.15, 0.2) is 0 Å². The average molecular weight is 361 g/mol. The van der Waals surface area contributed by atoms with Crippen molar-refractivity contribution in [3.05, 3.63) is 11.6 Å². The SMILES string of the molecule is CCCCC=C(CCCC)C(=O)OCCCC.[SnH2]. The summed E-state index contributed by atoms with van der Waals surface area (Å²) in [6.07, 6.45) is 10.5. The summed E-state index contributed by atoms with van der Waals surface area (Å²) in [6, 6.07) is 0. The first-order valence-electron chi connectivity index (χ1n) is 7.12. The van der Waals surface area contributed by atoms with Crippen LogP contribution >= 0.6 is 0 Å². The van der Waals surface area contributed by atoms with Crippen molar-refractivity contribution in [1.82, 2.24) is 0 Å². The van der Waals surface area contributed by atoms with E-state index in [-0.39, 0.29) is 29.9 Å². The van der Waals surface area contributed by atoms with Crippen molar-refractivity contribution in [2.24, 2.45) is 0 Å². The fourth-order valence-corrected chi connectivity index (χ4v) is 1.54. The molecule has 0 atom stereocenters. The summed E-state index contributed by atoms with van der Waals surface area (Å²) in [7, 11) is 0. The van der Waals surface area contributed by atoms with E-state index in [0.717, 1.165) is 50.5 Å². The third-order valence-corrected chi connectivity index (χ3v) is 2.74. The molecule has 0 aromatic heterocycles. The Bertz CT molecular complexity index is 225. The van der Waals surface area contributed by atoms with Crippen LogP contribution < -0.4 is 0 Å². The zero-order chi connectivity index (χ0) is 12.9. The molecular weight excluding hydrogens is 331 g/mol. The van der Waals surface area contributed by atoms with Gasteiger partial charge in [0, 0.05) is 5.57 Å². The minimum atomic E-state index is -0.0944. The van der Waals surface area contributed by atoms with Crippen LogP contribution in [0.25, 0.3) is 0 Å². The maximum absolute atomic E-state index is 11.8. The Morgan fingerprint density at radius 1 is 1.00 bits per heavy atom. The van der Waals surface area contributed by atoms with Crippen molar-refractivity contribution in [3.63, 3.8) is 0 Å². The van der Waals surface area contributed by atoms with Gasteiger partial charge >= 0.3 is 29.9 Å². The number of hydrogen-bond donors (Lipinski definition) is 0. The van der Waals surface area contributed by atoms with Gasteiger partial charge in [0.25, 0.3) is 0 Å². The van der Waals surface area contributed by atoms with Crippen molar-refractivity contribution < 1.29 is 9.53 Å². The first-order chi connectivity index (χ1) is 8.26.